The Morgan fingerprint density at radius 2 is 1.70 bits per heavy atom. The maximum absolute atomic E-state index is 12.8. The number of unbranched alkanes of at least 4 members (excludes halogenated alkanes) is 2. The van der Waals surface area contributed by atoms with E-state index in [1.165, 1.54) is 0 Å². The smallest absolute Gasteiger partial charge is 0.333 e. The van der Waals surface area contributed by atoms with Gasteiger partial charge in [0.15, 0.2) is 6.10 Å². The number of ether oxygens (including phenoxy) is 2. The number of hydrogen-bond acceptors (Lipinski definition) is 4. The quantitative estimate of drug-likeness (QED) is 0.385. The SMILES string of the molecule is CCCCCN(CCOc1ccc(CC(OCC)C(=O)O)cc1)C(=O)Nc1ccc(C)cc1. The molecule has 0 spiro atoms. The zero-order chi connectivity index (χ0) is 24.1. The van der Waals surface area contributed by atoms with E-state index in [0.29, 0.717) is 38.5 Å². The molecule has 2 rings (SSSR count). The van der Waals surface area contributed by atoms with Crippen molar-refractivity contribution in [1.82, 2.24) is 4.90 Å². The number of benzene rings is 2. The number of carbonyl (C=O) groups is 2. The molecule has 1 atom stereocenters. The largest absolute Gasteiger partial charge is 0.492 e. The lowest BCUT2D eigenvalue weighted by Gasteiger charge is -2.23. The highest BCUT2D eigenvalue weighted by molar-refractivity contribution is 5.89. The molecule has 180 valence electrons. The summed E-state index contributed by atoms with van der Waals surface area (Å²) in [6, 6.07) is 14.9. The number of aliphatic carboxylic acids is 1. The maximum Gasteiger partial charge on any atom is 0.333 e. The number of carbonyl (C=O) groups excluding carboxylic acids is 1. The molecule has 0 aliphatic rings. The van der Waals surface area contributed by atoms with E-state index in [2.05, 4.69) is 12.2 Å². The zero-order valence-electron chi connectivity index (χ0n) is 19.9. The van der Waals surface area contributed by atoms with Gasteiger partial charge in [-0.15, -0.1) is 0 Å². The van der Waals surface area contributed by atoms with Crippen molar-refractivity contribution < 1.29 is 24.2 Å². The summed E-state index contributed by atoms with van der Waals surface area (Å²) in [5, 5.41) is 12.2. The summed E-state index contributed by atoms with van der Waals surface area (Å²) in [7, 11) is 0. The standard InChI is InChI=1S/C26H36N2O5/c1-4-6-7-16-28(26(31)27-22-12-8-20(3)9-13-22)17-18-33-23-14-10-21(11-15-23)19-24(25(29)30)32-5-2/h8-15,24H,4-7,16-19H2,1-3H3,(H,27,31)(H,29,30). The first kappa shape index (κ1) is 26.2. The molecule has 0 bridgehead atoms. The molecule has 1 unspecified atom stereocenters. The van der Waals surface area contributed by atoms with Crippen LogP contribution in [0.1, 0.15) is 44.2 Å². The minimum absolute atomic E-state index is 0.135. The second kappa shape index (κ2) is 14.2. The molecule has 0 fully saturated rings. The second-order valence-corrected chi connectivity index (χ2v) is 7.97. The maximum atomic E-state index is 12.8. The fraction of sp³-hybridized carbons (Fsp3) is 0.462. The van der Waals surface area contributed by atoms with Crippen molar-refractivity contribution in [2.24, 2.45) is 0 Å². The van der Waals surface area contributed by atoms with E-state index in [0.717, 1.165) is 36.1 Å². The van der Waals surface area contributed by atoms with Gasteiger partial charge in [0.05, 0.1) is 6.54 Å². The van der Waals surface area contributed by atoms with Crippen molar-refractivity contribution in [2.45, 2.75) is 52.6 Å². The molecule has 0 aliphatic carbocycles. The molecule has 0 saturated carbocycles. The molecule has 0 saturated heterocycles. The van der Waals surface area contributed by atoms with Crippen molar-refractivity contribution in [2.75, 3.05) is 31.6 Å². The number of urea groups is 1. The molecule has 2 aromatic carbocycles. The van der Waals surface area contributed by atoms with Gasteiger partial charge in [0.1, 0.15) is 12.4 Å². The number of rotatable bonds is 14. The molecule has 7 heteroatoms. The lowest BCUT2D eigenvalue weighted by atomic mass is 10.1. The van der Waals surface area contributed by atoms with Gasteiger partial charge in [-0.2, -0.15) is 0 Å². The van der Waals surface area contributed by atoms with Gasteiger partial charge in [0.2, 0.25) is 0 Å². The Labute approximate surface area is 196 Å². The van der Waals surface area contributed by atoms with Crippen molar-refractivity contribution in [1.29, 1.82) is 0 Å². The van der Waals surface area contributed by atoms with Crippen molar-refractivity contribution in [3.63, 3.8) is 0 Å². The van der Waals surface area contributed by atoms with E-state index in [-0.39, 0.29) is 6.03 Å². The van der Waals surface area contributed by atoms with Crippen LogP contribution in [0.3, 0.4) is 0 Å². The predicted molar refractivity (Wildman–Crippen MR) is 130 cm³/mol. The van der Waals surface area contributed by atoms with Gasteiger partial charge in [-0.1, -0.05) is 49.6 Å². The number of anilines is 1. The summed E-state index contributed by atoms with van der Waals surface area (Å²) in [5.74, 6) is -0.293. The predicted octanol–water partition coefficient (Wildman–Crippen LogP) is 5.13. The summed E-state index contributed by atoms with van der Waals surface area (Å²) in [6.45, 7) is 7.77. The van der Waals surface area contributed by atoms with Crippen LogP contribution in [0.5, 0.6) is 5.75 Å². The minimum atomic E-state index is -0.968. The summed E-state index contributed by atoms with van der Waals surface area (Å²) >= 11 is 0. The minimum Gasteiger partial charge on any atom is -0.492 e. The van der Waals surface area contributed by atoms with Crippen LogP contribution in [0.2, 0.25) is 0 Å². The molecular weight excluding hydrogens is 420 g/mol. The third-order valence-corrected chi connectivity index (χ3v) is 5.24. The summed E-state index contributed by atoms with van der Waals surface area (Å²) in [4.78, 5) is 25.8. The Morgan fingerprint density at radius 3 is 2.30 bits per heavy atom. The topological polar surface area (TPSA) is 88.1 Å². The van der Waals surface area contributed by atoms with Crippen LogP contribution in [0.25, 0.3) is 0 Å². The van der Waals surface area contributed by atoms with Gasteiger partial charge in [-0.3, -0.25) is 0 Å². The summed E-state index contributed by atoms with van der Waals surface area (Å²) < 4.78 is 11.1. The van der Waals surface area contributed by atoms with Crippen molar-refractivity contribution >= 4 is 17.7 Å². The molecular formula is C26H36N2O5. The zero-order valence-corrected chi connectivity index (χ0v) is 19.9. The fourth-order valence-corrected chi connectivity index (χ4v) is 3.34. The van der Waals surface area contributed by atoms with E-state index in [1.54, 1.807) is 11.8 Å². The summed E-state index contributed by atoms with van der Waals surface area (Å²) in [5.41, 5.74) is 2.78. The molecule has 2 N–H and O–H groups in total. The molecule has 0 aliphatic heterocycles. The highest BCUT2D eigenvalue weighted by Gasteiger charge is 2.18. The van der Waals surface area contributed by atoms with Gasteiger partial charge in [-0.25, -0.2) is 9.59 Å². The van der Waals surface area contributed by atoms with Gasteiger partial charge in [0, 0.05) is 25.3 Å². The number of aryl methyl sites for hydroxylation is 1. The number of hydrogen-bond donors (Lipinski definition) is 2. The first-order valence-corrected chi connectivity index (χ1v) is 11.6. The van der Waals surface area contributed by atoms with Crippen LogP contribution >= 0.6 is 0 Å². The highest BCUT2D eigenvalue weighted by Crippen LogP contribution is 2.15. The van der Waals surface area contributed by atoms with Gasteiger partial charge < -0.3 is 24.8 Å². The fourth-order valence-electron chi connectivity index (χ4n) is 3.34. The van der Waals surface area contributed by atoms with E-state index in [1.807, 2.05) is 55.5 Å². The van der Waals surface area contributed by atoms with Gasteiger partial charge in [-0.05, 0) is 50.1 Å². The molecule has 33 heavy (non-hydrogen) atoms. The normalized spacial score (nSPS) is 11.6. The third-order valence-electron chi connectivity index (χ3n) is 5.24. The van der Waals surface area contributed by atoms with E-state index in [9.17, 15) is 14.7 Å². The van der Waals surface area contributed by atoms with Crippen LogP contribution in [-0.4, -0.2) is 54.4 Å². The first-order chi connectivity index (χ1) is 15.9. The van der Waals surface area contributed by atoms with E-state index in [4.69, 9.17) is 9.47 Å². The Bertz CT molecular complexity index is 852. The number of nitrogens with zero attached hydrogens (tertiary/aromatic N) is 1. The van der Waals surface area contributed by atoms with Crippen LogP contribution in [0.15, 0.2) is 48.5 Å². The lowest BCUT2D eigenvalue weighted by Crippen LogP contribution is -2.38. The highest BCUT2D eigenvalue weighted by atomic mass is 16.5. The summed E-state index contributed by atoms with van der Waals surface area (Å²) in [6.07, 6.45) is 2.54. The Morgan fingerprint density at radius 1 is 1.00 bits per heavy atom. The third kappa shape index (κ3) is 9.53. The Hall–Kier alpha value is -3.06. The van der Waals surface area contributed by atoms with Crippen molar-refractivity contribution in [3.8, 4) is 5.75 Å². The van der Waals surface area contributed by atoms with E-state index < -0.39 is 12.1 Å². The molecule has 7 nitrogen and oxygen atoms in total. The average Bonchev–Trinajstić information content (AvgIpc) is 2.80. The molecule has 0 radical (unpaired) electrons. The molecule has 0 heterocycles. The lowest BCUT2D eigenvalue weighted by molar-refractivity contribution is -0.149. The molecule has 0 aromatic heterocycles. The molecule has 2 amide bonds. The van der Waals surface area contributed by atoms with E-state index >= 15 is 0 Å². The average molecular weight is 457 g/mol. The number of carboxylic acids is 1. The number of carboxylic acid groups (broad SMARTS) is 1. The van der Waals surface area contributed by atoms with Gasteiger partial charge >= 0.3 is 12.0 Å². The molecule has 2 aromatic rings. The van der Waals surface area contributed by atoms with Crippen LogP contribution in [-0.2, 0) is 16.0 Å². The monoisotopic (exact) mass is 456 g/mol. The first-order valence-electron chi connectivity index (χ1n) is 11.6. The van der Waals surface area contributed by atoms with Crippen LogP contribution < -0.4 is 10.1 Å². The van der Waals surface area contributed by atoms with Gasteiger partial charge in [0.25, 0.3) is 0 Å². The number of nitrogens with one attached hydrogen (secondary N) is 1. The second-order valence-electron chi connectivity index (χ2n) is 7.97. The van der Waals surface area contributed by atoms with Crippen molar-refractivity contribution in [3.05, 3.63) is 59.7 Å². The number of amides is 2. The van der Waals surface area contributed by atoms with Crippen LogP contribution in [0, 0.1) is 6.92 Å². The Balaban J connectivity index is 1.89. The Kier molecular flexibility index (Phi) is 11.2. The van der Waals surface area contributed by atoms with Crippen LogP contribution in [0.4, 0.5) is 10.5 Å².